The molecule has 0 heterocycles. The van der Waals surface area contributed by atoms with E-state index in [0.717, 1.165) is 31.2 Å². The Bertz CT molecular complexity index is 545. The minimum absolute atomic E-state index is 0.166. The molecule has 5 nitrogen and oxygen atoms in total. The fourth-order valence-corrected chi connectivity index (χ4v) is 1.93. The van der Waals surface area contributed by atoms with E-state index in [2.05, 4.69) is 34.9 Å². The molecule has 2 N–H and O–H groups in total. The van der Waals surface area contributed by atoms with Gasteiger partial charge in [-0.3, -0.25) is 9.59 Å². The summed E-state index contributed by atoms with van der Waals surface area (Å²) in [5, 5.41) is 6.59. The van der Waals surface area contributed by atoms with E-state index >= 15 is 0 Å². The van der Waals surface area contributed by atoms with Gasteiger partial charge in [-0.2, -0.15) is 5.10 Å². The maximum atomic E-state index is 11.6. The second kappa shape index (κ2) is 7.02. The van der Waals surface area contributed by atoms with Crippen molar-refractivity contribution >= 4 is 17.5 Å². The fourth-order valence-electron chi connectivity index (χ4n) is 1.93. The third kappa shape index (κ3) is 4.70. The van der Waals surface area contributed by atoms with Crippen molar-refractivity contribution in [1.82, 2.24) is 10.7 Å². The van der Waals surface area contributed by atoms with Gasteiger partial charge >= 0.3 is 11.8 Å². The highest BCUT2D eigenvalue weighted by molar-refractivity contribution is 6.35. The molecule has 0 bridgehead atoms. The molecule has 0 saturated heterocycles. The average Bonchev–Trinajstić information content (AvgIpc) is 3.29. The van der Waals surface area contributed by atoms with Gasteiger partial charge in [0.25, 0.3) is 0 Å². The lowest BCUT2D eigenvalue weighted by atomic mass is 10.1. The first kappa shape index (κ1) is 15.2. The van der Waals surface area contributed by atoms with Crippen molar-refractivity contribution < 1.29 is 9.59 Å². The van der Waals surface area contributed by atoms with Gasteiger partial charge in [0.2, 0.25) is 0 Å². The first-order valence-corrected chi connectivity index (χ1v) is 7.34. The van der Waals surface area contributed by atoms with Crippen molar-refractivity contribution in [1.29, 1.82) is 0 Å². The number of hydrazone groups is 1. The minimum atomic E-state index is -0.719. The number of hydrogen-bond acceptors (Lipinski definition) is 3. The highest BCUT2D eigenvalue weighted by atomic mass is 16.2. The van der Waals surface area contributed by atoms with Crippen LogP contribution >= 0.6 is 0 Å². The van der Waals surface area contributed by atoms with E-state index < -0.39 is 11.8 Å². The molecule has 1 aliphatic carbocycles. The van der Waals surface area contributed by atoms with Gasteiger partial charge in [-0.1, -0.05) is 37.6 Å². The normalized spacial score (nSPS) is 14.7. The Hall–Kier alpha value is -2.17. The van der Waals surface area contributed by atoms with Gasteiger partial charge in [-0.25, -0.2) is 5.43 Å². The largest absolute Gasteiger partial charge is 0.345 e. The summed E-state index contributed by atoms with van der Waals surface area (Å²) in [6.07, 6.45) is 4.06. The molecule has 2 amide bonds. The summed E-state index contributed by atoms with van der Waals surface area (Å²) in [4.78, 5) is 23.0. The SMILES string of the molecule is CCCc1ccc(/C(C)=N\NC(=O)C(=O)NC2CC2)cc1. The van der Waals surface area contributed by atoms with Crippen LogP contribution < -0.4 is 10.7 Å². The molecule has 1 fully saturated rings. The van der Waals surface area contributed by atoms with Crippen molar-refractivity contribution in [3.8, 4) is 0 Å². The molecule has 0 aromatic heterocycles. The molecule has 1 saturated carbocycles. The summed E-state index contributed by atoms with van der Waals surface area (Å²) in [5.41, 5.74) is 5.17. The van der Waals surface area contributed by atoms with E-state index in [9.17, 15) is 9.59 Å². The van der Waals surface area contributed by atoms with Crippen molar-refractivity contribution in [2.45, 2.75) is 45.6 Å². The zero-order valence-corrected chi connectivity index (χ0v) is 12.5. The van der Waals surface area contributed by atoms with Crippen LogP contribution in [0.15, 0.2) is 29.4 Å². The molecular formula is C16H21N3O2. The maximum Gasteiger partial charge on any atom is 0.329 e. The molecule has 1 aliphatic rings. The van der Waals surface area contributed by atoms with Crippen LogP contribution in [-0.4, -0.2) is 23.6 Å². The fraction of sp³-hybridized carbons (Fsp3) is 0.438. The highest BCUT2D eigenvalue weighted by Gasteiger charge is 2.26. The molecule has 0 unspecified atom stereocenters. The first-order valence-electron chi connectivity index (χ1n) is 7.34. The third-order valence-corrected chi connectivity index (χ3v) is 3.35. The predicted octanol–water partition coefficient (Wildman–Crippen LogP) is 1.76. The molecule has 2 rings (SSSR count). The van der Waals surface area contributed by atoms with E-state index in [1.165, 1.54) is 5.56 Å². The van der Waals surface area contributed by atoms with Crippen LogP contribution in [0.25, 0.3) is 0 Å². The number of nitrogens with one attached hydrogen (secondary N) is 2. The van der Waals surface area contributed by atoms with Crippen LogP contribution in [-0.2, 0) is 16.0 Å². The van der Waals surface area contributed by atoms with Crippen LogP contribution in [0.4, 0.5) is 0 Å². The molecule has 112 valence electrons. The number of aryl methyl sites for hydroxylation is 1. The second-order valence-corrected chi connectivity index (χ2v) is 5.33. The summed E-state index contributed by atoms with van der Waals surface area (Å²) in [5.74, 6) is -1.34. The quantitative estimate of drug-likeness (QED) is 0.492. The minimum Gasteiger partial charge on any atom is -0.345 e. The standard InChI is InChI=1S/C16H21N3O2/c1-3-4-12-5-7-13(8-6-12)11(2)18-19-16(21)15(20)17-14-9-10-14/h5-8,14H,3-4,9-10H2,1-2H3,(H,17,20)(H,19,21)/b18-11-. The first-order chi connectivity index (χ1) is 10.1. The lowest BCUT2D eigenvalue weighted by Gasteiger charge is -2.05. The van der Waals surface area contributed by atoms with Gasteiger partial charge in [0, 0.05) is 6.04 Å². The molecule has 1 aromatic carbocycles. The number of nitrogens with zero attached hydrogens (tertiary/aromatic N) is 1. The van der Waals surface area contributed by atoms with E-state index in [0.29, 0.717) is 5.71 Å². The Balaban J connectivity index is 1.90. The highest BCUT2D eigenvalue weighted by Crippen LogP contribution is 2.18. The molecule has 0 radical (unpaired) electrons. The van der Waals surface area contributed by atoms with E-state index in [-0.39, 0.29) is 6.04 Å². The summed E-state index contributed by atoms with van der Waals surface area (Å²) < 4.78 is 0. The summed E-state index contributed by atoms with van der Waals surface area (Å²) in [6, 6.07) is 8.22. The van der Waals surface area contributed by atoms with Gasteiger partial charge in [-0.15, -0.1) is 0 Å². The predicted molar refractivity (Wildman–Crippen MR) is 82.0 cm³/mol. The molecule has 0 spiro atoms. The third-order valence-electron chi connectivity index (χ3n) is 3.35. The van der Waals surface area contributed by atoms with Gasteiger partial charge in [0.15, 0.2) is 0 Å². The lowest BCUT2D eigenvalue weighted by Crippen LogP contribution is -2.39. The van der Waals surface area contributed by atoms with Crippen LogP contribution in [0.2, 0.25) is 0 Å². The van der Waals surface area contributed by atoms with Crippen LogP contribution in [0.3, 0.4) is 0 Å². The number of carbonyl (C=O) groups is 2. The Labute approximate surface area is 124 Å². The smallest absolute Gasteiger partial charge is 0.329 e. The van der Waals surface area contributed by atoms with Crippen LogP contribution in [0.5, 0.6) is 0 Å². The molecule has 0 atom stereocenters. The molecule has 5 heteroatoms. The number of carbonyl (C=O) groups excluding carboxylic acids is 2. The zero-order chi connectivity index (χ0) is 15.2. The Kier molecular flexibility index (Phi) is 5.09. The van der Waals surface area contributed by atoms with Crippen molar-refractivity contribution in [3.05, 3.63) is 35.4 Å². The Morgan fingerprint density at radius 1 is 1.19 bits per heavy atom. The van der Waals surface area contributed by atoms with Gasteiger partial charge in [0.05, 0.1) is 5.71 Å². The number of hydrogen-bond donors (Lipinski definition) is 2. The Morgan fingerprint density at radius 2 is 1.86 bits per heavy atom. The zero-order valence-electron chi connectivity index (χ0n) is 12.5. The maximum absolute atomic E-state index is 11.6. The molecule has 1 aromatic rings. The molecular weight excluding hydrogens is 266 g/mol. The topological polar surface area (TPSA) is 70.6 Å². The molecule has 21 heavy (non-hydrogen) atoms. The van der Waals surface area contributed by atoms with Crippen LogP contribution in [0.1, 0.15) is 44.2 Å². The van der Waals surface area contributed by atoms with E-state index in [1.807, 2.05) is 12.1 Å². The van der Waals surface area contributed by atoms with Crippen molar-refractivity contribution in [2.75, 3.05) is 0 Å². The lowest BCUT2D eigenvalue weighted by molar-refractivity contribution is -0.139. The number of amides is 2. The van der Waals surface area contributed by atoms with Crippen molar-refractivity contribution in [2.24, 2.45) is 5.10 Å². The average molecular weight is 287 g/mol. The summed E-state index contributed by atoms with van der Waals surface area (Å²) in [7, 11) is 0. The van der Waals surface area contributed by atoms with Gasteiger partial charge < -0.3 is 5.32 Å². The summed E-state index contributed by atoms with van der Waals surface area (Å²) >= 11 is 0. The number of rotatable bonds is 5. The van der Waals surface area contributed by atoms with E-state index in [1.54, 1.807) is 6.92 Å². The molecule has 0 aliphatic heterocycles. The monoisotopic (exact) mass is 287 g/mol. The van der Waals surface area contributed by atoms with Gasteiger partial charge in [0.1, 0.15) is 0 Å². The summed E-state index contributed by atoms with van der Waals surface area (Å²) in [6.45, 7) is 3.94. The number of benzene rings is 1. The van der Waals surface area contributed by atoms with Crippen molar-refractivity contribution in [3.63, 3.8) is 0 Å². The van der Waals surface area contributed by atoms with E-state index in [4.69, 9.17) is 0 Å². The van der Waals surface area contributed by atoms with Crippen LogP contribution in [0, 0.1) is 0 Å². The van der Waals surface area contributed by atoms with Gasteiger partial charge in [-0.05, 0) is 37.3 Å². The Morgan fingerprint density at radius 3 is 2.43 bits per heavy atom. The second-order valence-electron chi connectivity index (χ2n) is 5.33.